The molecule has 4 rings (SSSR count). The Bertz CT molecular complexity index is 1580. The van der Waals surface area contributed by atoms with Crippen LogP contribution >= 0.6 is 0 Å². The van der Waals surface area contributed by atoms with Crippen molar-refractivity contribution in [2.75, 3.05) is 11.5 Å². The maximum Gasteiger partial charge on any atom is 0.144 e. The van der Waals surface area contributed by atoms with Crippen LogP contribution in [0.2, 0.25) is 0 Å². The lowest BCUT2D eigenvalue weighted by molar-refractivity contribution is 0.455. The van der Waals surface area contributed by atoms with Crippen molar-refractivity contribution in [2.24, 2.45) is 0 Å². The predicted molar refractivity (Wildman–Crippen MR) is 133 cm³/mol. The van der Waals surface area contributed by atoms with Crippen LogP contribution in [0.1, 0.15) is 16.7 Å². The van der Waals surface area contributed by atoms with Crippen molar-refractivity contribution in [3.8, 4) is 71.5 Å². The number of ether oxygens (including phenoxy) is 2. The minimum Gasteiger partial charge on any atom is -0.506 e. The molecule has 0 spiro atoms. The number of terminal acetylenes is 3. The van der Waals surface area contributed by atoms with E-state index in [1.165, 1.54) is 24.3 Å². The molecule has 6 heteroatoms. The molecule has 0 fully saturated rings. The van der Waals surface area contributed by atoms with Gasteiger partial charge in [-0.1, -0.05) is 17.8 Å². The SMILES string of the molecule is C#Cc1cc(Oc2ccc(N)c(O)c2)c(C#C)c2c(C#C)cc(Oc3ccc(N)c(O)c3)cc12. The predicted octanol–water partition coefficient (Wildman–Crippen LogP) is 4.94. The van der Waals surface area contributed by atoms with Gasteiger partial charge in [0.25, 0.3) is 0 Å². The topological polar surface area (TPSA) is 111 Å². The Hall–Kier alpha value is -5.38. The van der Waals surface area contributed by atoms with Crippen LogP contribution in [0.3, 0.4) is 0 Å². The first-order valence-electron chi connectivity index (χ1n) is 9.92. The fraction of sp³-hybridized carbons (Fsp3) is 0. The average Bonchev–Trinajstić information content (AvgIpc) is 2.83. The van der Waals surface area contributed by atoms with Gasteiger partial charge in [-0.15, -0.1) is 19.3 Å². The molecule has 0 unspecified atom stereocenters. The number of anilines is 2. The van der Waals surface area contributed by atoms with E-state index in [4.69, 9.17) is 40.2 Å². The largest absolute Gasteiger partial charge is 0.506 e. The van der Waals surface area contributed by atoms with Crippen molar-refractivity contribution in [1.82, 2.24) is 0 Å². The van der Waals surface area contributed by atoms with Crippen LogP contribution in [0.4, 0.5) is 11.4 Å². The lowest BCUT2D eigenvalue weighted by atomic mass is 9.94. The molecule has 0 radical (unpaired) electrons. The van der Waals surface area contributed by atoms with Crippen LogP contribution < -0.4 is 20.9 Å². The third-order valence-corrected chi connectivity index (χ3v) is 5.10. The highest BCUT2D eigenvalue weighted by Crippen LogP contribution is 2.39. The van der Waals surface area contributed by atoms with Crippen LogP contribution in [-0.2, 0) is 0 Å². The second-order valence-electron chi connectivity index (χ2n) is 7.27. The van der Waals surface area contributed by atoms with Gasteiger partial charge in [-0.05, 0) is 42.5 Å². The minimum absolute atomic E-state index is 0.107. The third-order valence-electron chi connectivity index (χ3n) is 5.10. The maximum absolute atomic E-state index is 9.90. The number of nitrogens with two attached hydrogens (primary N) is 2. The Morgan fingerprint density at radius 2 is 1.24 bits per heavy atom. The van der Waals surface area contributed by atoms with Crippen molar-refractivity contribution >= 4 is 22.1 Å². The smallest absolute Gasteiger partial charge is 0.144 e. The summed E-state index contributed by atoms with van der Waals surface area (Å²) in [6.07, 6.45) is 17.4. The van der Waals surface area contributed by atoms with Crippen molar-refractivity contribution in [3.05, 3.63) is 71.3 Å². The highest BCUT2D eigenvalue weighted by molar-refractivity contribution is 6.00. The van der Waals surface area contributed by atoms with Gasteiger partial charge >= 0.3 is 0 Å². The summed E-state index contributed by atoms with van der Waals surface area (Å²) in [7, 11) is 0. The Kier molecular flexibility index (Phi) is 5.54. The Balaban J connectivity index is 1.88. The van der Waals surface area contributed by atoms with Crippen molar-refractivity contribution in [1.29, 1.82) is 0 Å². The lowest BCUT2D eigenvalue weighted by Crippen LogP contribution is -1.97. The molecule has 0 heterocycles. The summed E-state index contributed by atoms with van der Waals surface area (Å²) in [5, 5.41) is 20.9. The molecule has 0 saturated carbocycles. The van der Waals surface area contributed by atoms with E-state index in [9.17, 15) is 10.2 Å². The quantitative estimate of drug-likeness (QED) is 0.201. The molecule has 0 amide bonds. The molecule has 34 heavy (non-hydrogen) atoms. The zero-order valence-electron chi connectivity index (χ0n) is 17.8. The zero-order valence-corrected chi connectivity index (χ0v) is 17.8. The van der Waals surface area contributed by atoms with Gasteiger partial charge < -0.3 is 31.2 Å². The standard InChI is InChI=1S/C28H18N2O4/c1-4-16-12-27(34-19-8-10-24(30)26(32)15-19)21(6-3)28-17(5-2)11-20(13-22(16)28)33-18-7-9-23(29)25(31)14-18/h1-3,7-15,31-32H,29-30H2. The first-order valence-corrected chi connectivity index (χ1v) is 9.92. The zero-order chi connectivity index (χ0) is 24.4. The van der Waals surface area contributed by atoms with Gasteiger partial charge in [0.2, 0.25) is 0 Å². The van der Waals surface area contributed by atoms with Gasteiger partial charge in [0.15, 0.2) is 0 Å². The number of phenols is 2. The van der Waals surface area contributed by atoms with Crippen LogP contribution in [0.5, 0.6) is 34.5 Å². The molecule has 0 atom stereocenters. The second-order valence-corrected chi connectivity index (χ2v) is 7.27. The van der Waals surface area contributed by atoms with E-state index in [1.807, 2.05) is 0 Å². The van der Waals surface area contributed by atoms with E-state index in [1.54, 1.807) is 30.3 Å². The first kappa shape index (κ1) is 21.8. The number of benzene rings is 4. The summed E-state index contributed by atoms with van der Waals surface area (Å²) in [6.45, 7) is 0. The molecule has 6 nitrogen and oxygen atoms in total. The summed E-state index contributed by atoms with van der Waals surface area (Å²) < 4.78 is 11.8. The monoisotopic (exact) mass is 446 g/mol. The summed E-state index contributed by atoms with van der Waals surface area (Å²) in [5.41, 5.74) is 13.0. The molecule has 6 N–H and O–H groups in total. The van der Waals surface area contributed by atoms with Crippen LogP contribution in [0, 0.1) is 37.0 Å². The molecular formula is C28H18N2O4. The number of hydrogen-bond donors (Lipinski definition) is 4. The lowest BCUT2D eigenvalue weighted by Gasteiger charge is -2.16. The number of hydrogen-bond acceptors (Lipinski definition) is 6. The molecule has 0 bridgehead atoms. The number of rotatable bonds is 4. The van der Waals surface area contributed by atoms with E-state index in [0.717, 1.165) is 0 Å². The molecule has 0 aromatic heterocycles. The number of phenolic OH excluding ortho intramolecular Hbond substituents is 2. The number of aromatic hydroxyl groups is 2. The van der Waals surface area contributed by atoms with Crippen molar-refractivity contribution in [3.63, 3.8) is 0 Å². The maximum atomic E-state index is 9.90. The highest BCUT2D eigenvalue weighted by Gasteiger charge is 2.17. The number of fused-ring (bicyclic) bond motifs is 1. The van der Waals surface area contributed by atoms with Crippen LogP contribution in [0.25, 0.3) is 10.8 Å². The van der Waals surface area contributed by atoms with Gasteiger partial charge in [-0.2, -0.15) is 0 Å². The van der Waals surface area contributed by atoms with Gasteiger partial charge in [0.05, 0.1) is 16.9 Å². The summed E-state index contributed by atoms with van der Waals surface area (Å²) in [5.74, 6) is 9.00. The van der Waals surface area contributed by atoms with Gasteiger partial charge in [-0.3, -0.25) is 0 Å². The fourth-order valence-electron chi connectivity index (χ4n) is 3.45. The summed E-state index contributed by atoms with van der Waals surface area (Å²) >= 11 is 0. The Labute approximate surface area is 196 Å². The first-order chi connectivity index (χ1) is 16.3. The minimum atomic E-state index is -0.127. The van der Waals surface area contributed by atoms with Gasteiger partial charge in [0.1, 0.15) is 34.5 Å². The average molecular weight is 446 g/mol. The van der Waals surface area contributed by atoms with Crippen LogP contribution in [-0.4, -0.2) is 10.2 Å². The molecule has 0 aliphatic heterocycles. The van der Waals surface area contributed by atoms with E-state index >= 15 is 0 Å². The third kappa shape index (κ3) is 3.94. The van der Waals surface area contributed by atoms with Crippen molar-refractivity contribution in [2.45, 2.75) is 0 Å². The Morgan fingerprint density at radius 3 is 1.76 bits per heavy atom. The van der Waals surface area contributed by atoms with E-state index in [-0.39, 0.29) is 22.9 Å². The van der Waals surface area contributed by atoms with Crippen LogP contribution in [0.15, 0.2) is 54.6 Å². The molecule has 0 aliphatic carbocycles. The van der Waals surface area contributed by atoms with Crippen molar-refractivity contribution < 1.29 is 19.7 Å². The van der Waals surface area contributed by atoms with E-state index in [2.05, 4.69) is 17.8 Å². The number of nitrogen functional groups attached to an aromatic ring is 2. The second kappa shape index (κ2) is 8.63. The molecule has 164 valence electrons. The van der Waals surface area contributed by atoms with E-state index < -0.39 is 0 Å². The normalized spacial score (nSPS) is 10.1. The Morgan fingerprint density at radius 1 is 0.647 bits per heavy atom. The molecular weight excluding hydrogens is 428 g/mol. The molecule has 0 aliphatic rings. The molecule has 4 aromatic rings. The molecule has 0 saturated heterocycles. The molecule has 4 aromatic carbocycles. The van der Waals surface area contributed by atoms with E-state index in [0.29, 0.717) is 50.5 Å². The van der Waals surface area contributed by atoms with Gasteiger partial charge in [0, 0.05) is 34.0 Å². The fourth-order valence-corrected chi connectivity index (χ4v) is 3.45. The van der Waals surface area contributed by atoms with Gasteiger partial charge in [-0.25, -0.2) is 0 Å². The summed E-state index contributed by atoms with van der Waals surface area (Å²) in [6, 6.07) is 14.0. The highest BCUT2D eigenvalue weighted by atomic mass is 16.5. The summed E-state index contributed by atoms with van der Waals surface area (Å²) in [4.78, 5) is 0.